The smallest absolute Gasteiger partial charge is 0.326 e. The second-order valence-electron chi connectivity index (χ2n) is 5.19. The Morgan fingerprint density at radius 1 is 1.24 bits per heavy atom. The molecule has 1 amide bonds. The first-order chi connectivity index (χ1) is 11.9. The minimum absolute atomic E-state index is 0.175. The molecule has 2 heterocycles. The van der Waals surface area contributed by atoms with Gasteiger partial charge in [-0.3, -0.25) is 4.79 Å². The van der Waals surface area contributed by atoms with E-state index in [-0.39, 0.29) is 5.69 Å². The highest BCUT2D eigenvalue weighted by molar-refractivity contribution is 5.92. The Morgan fingerprint density at radius 2 is 1.96 bits per heavy atom. The molecule has 0 bridgehead atoms. The first kappa shape index (κ1) is 16.4. The number of benzene rings is 1. The summed E-state index contributed by atoms with van der Waals surface area (Å²) in [6, 6.07) is 11.5. The number of hydrogen-bond acceptors (Lipinski definition) is 4. The number of carbonyl (C=O) groups is 1. The van der Waals surface area contributed by atoms with Crippen LogP contribution in [0, 0.1) is 11.3 Å². The van der Waals surface area contributed by atoms with Gasteiger partial charge >= 0.3 is 6.18 Å². The number of hydrogen-bond donors (Lipinski definition) is 1. The molecule has 0 atom stereocenters. The van der Waals surface area contributed by atoms with Crippen molar-refractivity contribution in [3.05, 3.63) is 48.3 Å². The number of aromatic nitrogens is 3. The summed E-state index contributed by atoms with van der Waals surface area (Å²) in [7, 11) is 0. The number of nitriles is 1. The number of nitrogens with one attached hydrogen (secondary N) is 1. The first-order valence-electron chi connectivity index (χ1n) is 7.07. The predicted octanol–water partition coefficient (Wildman–Crippen LogP) is 3.16. The van der Waals surface area contributed by atoms with E-state index >= 15 is 0 Å². The monoisotopic (exact) mass is 345 g/mol. The SMILES string of the molecule is N#Cc1ccc(-c2cc(NC(=O)CC(F)(F)F)cc3ncnn23)cc1. The zero-order chi connectivity index (χ0) is 18.0. The van der Waals surface area contributed by atoms with Crippen LogP contribution in [-0.2, 0) is 4.79 Å². The number of anilines is 1. The third-order valence-corrected chi connectivity index (χ3v) is 3.33. The van der Waals surface area contributed by atoms with Gasteiger partial charge in [0.05, 0.1) is 17.3 Å². The van der Waals surface area contributed by atoms with Crippen molar-refractivity contribution in [2.75, 3.05) is 5.32 Å². The highest BCUT2D eigenvalue weighted by atomic mass is 19.4. The van der Waals surface area contributed by atoms with Crippen molar-refractivity contribution in [1.82, 2.24) is 14.6 Å². The van der Waals surface area contributed by atoms with Crippen molar-refractivity contribution in [3.63, 3.8) is 0 Å². The van der Waals surface area contributed by atoms with Crippen LogP contribution in [0.2, 0.25) is 0 Å². The normalized spacial score (nSPS) is 11.3. The van der Waals surface area contributed by atoms with Gasteiger partial charge in [-0.15, -0.1) is 0 Å². The van der Waals surface area contributed by atoms with Gasteiger partial charge in [-0.2, -0.15) is 23.5 Å². The molecule has 3 rings (SSSR count). The lowest BCUT2D eigenvalue weighted by Gasteiger charge is -2.11. The van der Waals surface area contributed by atoms with Gasteiger partial charge in [-0.1, -0.05) is 12.1 Å². The summed E-state index contributed by atoms with van der Waals surface area (Å²) < 4.78 is 38.4. The Morgan fingerprint density at radius 3 is 2.60 bits per heavy atom. The van der Waals surface area contributed by atoms with Crippen LogP contribution in [0.5, 0.6) is 0 Å². The minimum atomic E-state index is -4.58. The number of amides is 1. The Hall–Kier alpha value is -3.41. The van der Waals surface area contributed by atoms with Crippen molar-refractivity contribution >= 4 is 17.2 Å². The number of carbonyl (C=O) groups excluding carboxylic acids is 1. The fraction of sp³-hybridized carbons (Fsp3) is 0.125. The molecule has 0 saturated heterocycles. The molecule has 0 aliphatic rings. The first-order valence-corrected chi connectivity index (χ1v) is 7.07. The van der Waals surface area contributed by atoms with Crippen LogP contribution < -0.4 is 5.32 Å². The van der Waals surface area contributed by atoms with E-state index < -0.39 is 18.5 Å². The van der Waals surface area contributed by atoms with Gasteiger partial charge in [0.2, 0.25) is 5.91 Å². The zero-order valence-electron chi connectivity index (χ0n) is 12.6. The highest BCUT2D eigenvalue weighted by Gasteiger charge is 2.31. The lowest BCUT2D eigenvalue weighted by atomic mass is 10.1. The van der Waals surface area contributed by atoms with Crippen molar-refractivity contribution in [2.45, 2.75) is 12.6 Å². The van der Waals surface area contributed by atoms with Crippen LogP contribution in [0.15, 0.2) is 42.7 Å². The van der Waals surface area contributed by atoms with Gasteiger partial charge < -0.3 is 5.32 Å². The van der Waals surface area contributed by atoms with Crippen molar-refractivity contribution < 1.29 is 18.0 Å². The molecule has 0 saturated carbocycles. The molecule has 25 heavy (non-hydrogen) atoms. The van der Waals surface area contributed by atoms with E-state index in [1.807, 2.05) is 6.07 Å². The van der Waals surface area contributed by atoms with Gasteiger partial charge in [0.25, 0.3) is 0 Å². The maximum atomic E-state index is 12.3. The molecular weight excluding hydrogens is 335 g/mol. The molecule has 0 aliphatic carbocycles. The summed E-state index contributed by atoms with van der Waals surface area (Å²) in [6.45, 7) is 0. The number of nitrogens with zero attached hydrogens (tertiary/aromatic N) is 4. The summed E-state index contributed by atoms with van der Waals surface area (Å²) in [5.74, 6) is -1.16. The summed E-state index contributed by atoms with van der Waals surface area (Å²) in [5.41, 5.74) is 2.19. The molecule has 126 valence electrons. The average Bonchev–Trinajstić information content (AvgIpc) is 3.00. The Labute approximate surface area is 139 Å². The van der Waals surface area contributed by atoms with Crippen LogP contribution in [-0.4, -0.2) is 26.7 Å². The van der Waals surface area contributed by atoms with Gasteiger partial charge in [0, 0.05) is 17.3 Å². The largest absolute Gasteiger partial charge is 0.397 e. The molecule has 1 aromatic carbocycles. The highest BCUT2D eigenvalue weighted by Crippen LogP contribution is 2.26. The predicted molar refractivity (Wildman–Crippen MR) is 82.4 cm³/mol. The van der Waals surface area contributed by atoms with E-state index in [2.05, 4.69) is 15.4 Å². The molecule has 6 nitrogen and oxygen atoms in total. The van der Waals surface area contributed by atoms with Gasteiger partial charge in [0.1, 0.15) is 12.7 Å². The number of halogens is 3. The maximum absolute atomic E-state index is 12.3. The number of pyridine rings is 1. The fourth-order valence-electron chi connectivity index (χ4n) is 2.30. The second-order valence-corrected chi connectivity index (χ2v) is 5.19. The third kappa shape index (κ3) is 3.74. The Balaban J connectivity index is 1.99. The van der Waals surface area contributed by atoms with E-state index in [0.717, 1.165) is 0 Å². The molecular formula is C16H10F3N5O. The van der Waals surface area contributed by atoms with E-state index in [1.54, 1.807) is 24.3 Å². The van der Waals surface area contributed by atoms with Gasteiger partial charge in [-0.05, 0) is 18.2 Å². The van der Waals surface area contributed by atoms with E-state index in [4.69, 9.17) is 5.26 Å². The molecule has 0 aliphatic heterocycles. The molecule has 9 heteroatoms. The van der Waals surface area contributed by atoms with Crippen LogP contribution in [0.1, 0.15) is 12.0 Å². The molecule has 0 spiro atoms. The molecule has 0 fully saturated rings. The number of rotatable bonds is 3. The molecule has 1 N–H and O–H groups in total. The third-order valence-electron chi connectivity index (χ3n) is 3.33. The van der Waals surface area contributed by atoms with E-state index in [9.17, 15) is 18.0 Å². The molecule has 0 unspecified atom stereocenters. The van der Waals surface area contributed by atoms with Crippen LogP contribution in [0.3, 0.4) is 0 Å². The molecule has 3 aromatic rings. The van der Waals surface area contributed by atoms with E-state index in [1.165, 1.54) is 23.0 Å². The maximum Gasteiger partial charge on any atom is 0.397 e. The quantitative estimate of drug-likeness (QED) is 0.790. The summed E-state index contributed by atoms with van der Waals surface area (Å²) in [4.78, 5) is 15.5. The lowest BCUT2D eigenvalue weighted by Crippen LogP contribution is -2.21. The van der Waals surface area contributed by atoms with E-state index in [0.29, 0.717) is 22.5 Å². The molecule has 0 radical (unpaired) electrons. The fourth-order valence-corrected chi connectivity index (χ4v) is 2.30. The Bertz CT molecular complexity index is 970. The summed E-state index contributed by atoms with van der Waals surface area (Å²) >= 11 is 0. The van der Waals surface area contributed by atoms with Crippen LogP contribution in [0.4, 0.5) is 18.9 Å². The minimum Gasteiger partial charge on any atom is -0.326 e. The summed E-state index contributed by atoms with van der Waals surface area (Å²) in [5, 5.41) is 15.1. The van der Waals surface area contributed by atoms with Crippen LogP contribution >= 0.6 is 0 Å². The van der Waals surface area contributed by atoms with Crippen molar-refractivity contribution in [1.29, 1.82) is 5.26 Å². The average molecular weight is 345 g/mol. The van der Waals surface area contributed by atoms with Crippen LogP contribution in [0.25, 0.3) is 16.9 Å². The zero-order valence-corrected chi connectivity index (χ0v) is 12.6. The van der Waals surface area contributed by atoms with Gasteiger partial charge in [-0.25, -0.2) is 9.50 Å². The van der Waals surface area contributed by atoms with Crippen molar-refractivity contribution in [2.24, 2.45) is 0 Å². The van der Waals surface area contributed by atoms with Crippen molar-refractivity contribution in [3.8, 4) is 17.3 Å². The standard InChI is InChI=1S/C16H10F3N5O/c17-16(18,19)7-15(25)23-12-5-13(24-14(6-12)21-9-22-24)11-3-1-10(8-20)2-4-11/h1-6,9H,7H2,(H,23,25). The van der Waals surface area contributed by atoms with Gasteiger partial charge in [0.15, 0.2) is 5.65 Å². The topological polar surface area (TPSA) is 83.1 Å². The second kappa shape index (κ2) is 6.24. The molecule has 2 aromatic heterocycles. The lowest BCUT2D eigenvalue weighted by molar-refractivity contribution is -0.150. The number of alkyl halides is 3. The summed E-state index contributed by atoms with van der Waals surface area (Å²) in [6.07, 6.45) is -4.86. The Kier molecular flexibility index (Phi) is 4.10. The number of fused-ring (bicyclic) bond motifs is 1.